The van der Waals surface area contributed by atoms with E-state index in [1.165, 1.54) is 42.7 Å². The van der Waals surface area contributed by atoms with E-state index in [4.69, 9.17) is 4.74 Å². The first-order chi connectivity index (χ1) is 13.7. The molecule has 1 atom stereocenters. The largest absolute Gasteiger partial charge is 0.372 e. The van der Waals surface area contributed by atoms with Crippen molar-refractivity contribution in [2.45, 2.75) is 19.1 Å². The zero-order valence-corrected chi connectivity index (χ0v) is 16.6. The van der Waals surface area contributed by atoms with Crippen LogP contribution in [0.1, 0.15) is 12.5 Å². The zero-order chi connectivity index (χ0) is 21.3. The maximum Gasteiger partial charge on any atom is 0.332 e. The molecule has 1 aromatic carbocycles. The van der Waals surface area contributed by atoms with Gasteiger partial charge in [0.2, 0.25) is 5.91 Å². The van der Waals surface area contributed by atoms with Gasteiger partial charge in [-0.3, -0.25) is 18.7 Å². The van der Waals surface area contributed by atoms with Crippen LogP contribution in [0.4, 0.5) is 4.39 Å². The van der Waals surface area contributed by atoms with Crippen LogP contribution in [0, 0.1) is 5.82 Å². The molecule has 29 heavy (non-hydrogen) atoms. The summed E-state index contributed by atoms with van der Waals surface area (Å²) >= 11 is 0. The number of rotatable bonds is 6. The van der Waals surface area contributed by atoms with E-state index < -0.39 is 28.6 Å². The van der Waals surface area contributed by atoms with Crippen LogP contribution < -0.4 is 16.6 Å². The van der Waals surface area contributed by atoms with Crippen LogP contribution in [0.3, 0.4) is 0 Å². The molecule has 1 amide bonds. The van der Waals surface area contributed by atoms with Crippen molar-refractivity contribution >= 4 is 17.1 Å². The lowest BCUT2D eigenvalue weighted by molar-refractivity contribution is -0.123. The first-order valence-electron chi connectivity index (χ1n) is 8.87. The number of aromatic nitrogens is 4. The fourth-order valence-electron chi connectivity index (χ4n) is 3.16. The highest BCUT2D eigenvalue weighted by Gasteiger charge is 2.30. The summed E-state index contributed by atoms with van der Waals surface area (Å²) in [6, 6.07) is 6.19. The van der Waals surface area contributed by atoms with Crippen molar-refractivity contribution in [3.63, 3.8) is 0 Å². The second-order valence-corrected chi connectivity index (χ2v) is 6.94. The molecule has 9 nitrogen and oxygen atoms in total. The first kappa shape index (κ1) is 20.5. The standard InChI is InChI=1S/C19H22FN5O4/c1-19(29-4,12-7-5-6-8-13(12)20)10-21-14(26)9-25-11-22-16-15(25)17(27)24(3)18(28)23(16)2/h5-8,11H,9-10H2,1-4H3,(H,21,26). The number of imidazole rings is 1. The van der Waals surface area contributed by atoms with E-state index in [2.05, 4.69) is 10.3 Å². The Hall–Kier alpha value is -3.27. The molecule has 10 heteroatoms. The van der Waals surface area contributed by atoms with Gasteiger partial charge in [-0.2, -0.15) is 0 Å². The zero-order valence-electron chi connectivity index (χ0n) is 16.6. The number of fused-ring (bicyclic) bond motifs is 1. The summed E-state index contributed by atoms with van der Waals surface area (Å²) in [6.45, 7) is 1.50. The van der Waals surface area contributed by atoms with Crippen LogP contribution in [0.15, 0.2) is 40.2 Å². The van der Waals surface area contributed by atoms with E-state index in [1.54, 1.807) is 25.1 Å². The van der Waals surface area contributed by atoms with E-state index in [0.717, 1.165) is 4.57 Å². The van der Waals surface area contributed by atoms with Crippen molar-refractivity contribution in [3.05, 3.63) is 62.8 Å². The Labute approximate surface area is 165 Å². The Morgan fingerprint density at radius 3 is 2.59 bits per heavy atom. The predicted molar refractivity (Wildman–Crippen MR) is 104 cm³/mol. The highest BCUT2D eigenvalue weighted by molar-refractivity contribution is 5.79. The van der Waals surface area contributed by atoms with Crippen molar-refractivity contribution in [2.75, 3.05) is 13.7 Å². The van der Waals surface area contributed by atoms with Crippen molar-refractivity contribution in [1.82, 2.24) is 24.0 Å². The third-order valence-electron chi connectivity index (χ3n) is 5.05. The van der Waals surface area contributed by atoms with Crippen molar-refractivity contribution < 1.29 is 13.9 Å². The summed E-state index contributed by atoms with van der Waals surface area (Å²) in [5, 5.41) is 2.71. The quantitative estimate of drug-likeness (QED) is 0.636. The summed E-state index contributed by atoms with van der Waals surface area (Å²) in [5.74, 6) is -0.851. The van der Waals surface area contributed by atoms with Gasteiger partial charge in [-0.15, -0.1) is 0 Å². The molecule has 0 saturated heterocycles. The SMILES string of the molecule is COC(C)(CNC(=O)Cn1cnc2c1c(=O)n(C)c(=O)n2C)c1ccccc1F. The molecule has 0 fully saturated rings. The van der Waals surface area contributed by atoms with Crippen molar-refractivity contribution in [2.24, 2.45) is 14.1 Å². The second-order valence-electron chi connectivity index (χ2n) is 6.94. The van der Waals surface area contributed by atoms with Crippen LogP contribution in [0.5, 0.6) is 0 Å². The highest BCUT2D eigenvalue weighted by atomic mass is 19.1. The predicted octanol–water partition coefficient (Wildman–Crippen LogP) is 0.251. The fourth-order valence-corrected chi connectivity index (χ4v) is 3.16. The van der Waals surface area contributed by atoms with Crippen molar-refractivity contribution in [3.8, 4) is 0 Å². The Balaban J connectivity index is 1.82. The average Bonchev–Trinajstić information content (AvgIpc) is 3.13. The topological polar surface area (TPSA) is 100 Å². The van der Waals surface area contributed by atoms with E-state index in [0.29, 0.717) is 5.56 Å². The van der Waals surface area contributed by atoms with Crippen LogP contribution in [0.25, 0.3) is 11.2 Å². The molecular formula is C19H22FN5O4. The number of ether oxygens (including phenoxy) is 1. The maximum atomic E-state index is 14.2. The lowest BCUT2D eigenvalue weighted by atomic mass is 9.95. The molecule has 0 aliphatic rings. The third kappa shape index (κ3) is 3.58. The number of halogens is 1. The third-order valence-corrected chi connectivity index (χ3v) is 5.05. The number of aryl methyl sites for hydroxylation is 1. The molecule has 0 saturated carbocycles. The lowest BCUT2D eigenvalue weighted by Crippen LogP contribution is -2.42. The van der Waals surface area contributed by atoms with Gasteiger partial charge in [-0.25, -0.2) is 14.2 Å². The van der Waals surface area contributed by atoms with Gasteiger partial charge in [0.05, 0.1) is 12.9 Å². The number of hydrogen-bond donors (Lipinski definition) is 1. The van der Waals surface area contributed by atoms with E-state index >= 15 is 0 Å². The Bertz CT molecular complexity index is 1200. The Morgan fingerprint density at radius 1 is 1.24 bits per heavy atom. The molecule has 2 heterocycles. The lowest BCUT2D eigenvalue weighted by Gasteiger charge is -2.29. The van der Waals surface area contributed by atoms with Gasteiger partial charge in [0, 0.05) is 26.8 Å². The number of methoxy groups -OCH3 is 1. The molecule has 1 unspecified atom stereocenters. The maximum absolute atomic E-state index is 14.2. The minimum atomic E-state index is -1.07. The molecule has 0 spiro atoms. The van der Waals surface area contributed by atoms with Crippen LogP contribution >= 0.6 is 0 Å². The molecule has 0 radical (unpaired) electrons. The molecule has 3 rings (SSSR count). The van der Waals surface area contributed by atoms with Gasteiger partial charge in [0.25, 0.3) is 5.56 Å². The summed E-state index contributed by atoms with van der Waals surface area (Å²) < 4.78 is 23.2. The normalized spacial score (nSPS) is 13.4. The van der Waals surface area contributed by atoms with Crippen LogP contribution in [-0.4, -0.2) is 38.2 Å². The number of hydrogen-bond acceptors (Lipinski definition) is 5. The summed E-state index contributed by atoms with van der Waals surface area (Å²) in [7, 11) is 4.30. The fraction of sp³-hybridized carbons (Fsp3) is 0.368. The van der Waals surface area contributed by atoms with Gasteiger partial charge >= 0.3 is 5.69 Å². The van der Waals surface area contributed by atoms with Crippen LogP contribution in [-0.2, 0) is 35.8 Å². The number of benzene rings is 1. The van der Waals surface area contributed by atoms with Crippen molar-refractivity contribution in [1.29, 1.82) is 0 Å². The number of amides is 1. The van der Waals surface area contributed by atoms with Gasteiger partial charge in [-0.1, -0.05) is 18.2 Å². The summed E-state index contributed by atoms with van der Waals surface area (Å²) in [6.07, 6.45) is 1.33. The molecule has 0 aliphatic carbocycles. The molecule has 154 valence electrons. The Morgan fingerprint density at radius 2 is 1.93 bits per heavy atom. The molecular weight excluding hydrogens is 381 g/mol. The summed E-state index contributed by atoms with van der Waals surface area (Å²) in [4.78, 5) is 41.0. The van der Waals surface area contributed by atoms with Crippen LogP contribution in [0.2, 0.25) is 0 Å². The smallest absolute Gasteiger partial charge is 0.332 e. The average molecular weight is 403 g/mol. The number of nitrogens with one attached hydrogen (secondary N) is 1. The molecule has 3 aromatic rings. The number of carbonyl (C=O) groups excluding carboxylic acids is 1. The van der Waals surface area contributed by atoms with E-state index in [-0.39, 0.29) is 24.3 Å². The molecule has 0 bridgehead atoms. The van der Waals surface area contributed by atoms with Gasteiger partial charge in [0.15, 0.2) is 11.2 Å². The highest BCUT2D eigenvalue weighted by Crippen LogP contribution is 2.26. The number of nitrogens with zero attached hydrogens (tertiary/aromatic N) is 4. The molecule has 2 aromatic heterocycles. The van der Waals surface area contributed by atoms with Gasteiger partial charge in [-0.05, 0) is 13.0 Å². The van der Waals surface area contributed by atoms with E-state index in [9.17, 15) is 18.8 Å². The monoisotopic (exact) mass is 403 g/mol. The Kier molecular flexibility index (Phi) is 5.38. The minimum Gasteiger partial charge on any atom is -0.372 e. The molecule has 0 aliphatic heterocycles. The minimum absolute atomic E-state index is 0.0202. The second kappa shape index (κ2) is 7.63. The first-order valence-corrected chi connectivity index (χ1v) is 8.87. The van der Waals surface area contributed by atoms with Gasteiger partial charge < -0.3 is 14.6 Å². The molecule has 1 N–H and O–H groups in total. The summed E-state index contributed by atoms with van der Waals surface area (Å²) in [5.41, 5.74) is -1.45. The number of carbonyl (C=O) groups is 1. The van der Waals surface area contributed by atoms with E-state index in [1.807, 2.05) is 0 Å². The van der Waals surface area contributed by atoms with Gasteiger partial charge in [0.1, 0.15) is 18.0 Å².